The Labute approximate surface area is 219 Å². The molecule has 1 aromatic rings. The van der Waals surface area contributed by atoms with E-state index in [4.69, 9.17) is 15.0 Å². The third kappa shape index (κ3) is 17.0. The summed E-state index contributed by atoms with van der Waals surface area (Å²) in [4.78, 5) is 17.4. The van der Waals surface area contributed by atoms with Crippen LogP contribution in [0.5, 0.6) is 0 Å². The zero-order valence-electron chi connectivity index (χ0n) is 24.3. The van der Waals surface area contributed by atoms with Crippen LogP contribution in [0.3, 0.4) is 0 Å². The van der Waals surface area contributed by atoms with Gasteiger partial charge >= 0.3 is 0 Å². The molecule has 4 nitrogen and oxygen atoms in total. The maximum atomic E-state index is 4.99. The molecule has 204 valence electrons. The van der Waals surface area contributed by atoms with E-state index in [1.54, 1.807) is 0 Å². The van der Waals surface area contributed by atoms with Gasteiger partial charge in [-0.05, 0) is 25.7 Å². The van der Waals surface area contributed by atoms with E-state index in [-0.39, 0.29) is 0 Å². The standard InChI is InChI=1S/C31H60N4/c1-5-9-13-15-17-19-21-23-25-29-32-30(26-24-22-20-18-16-14-10-6-2)34-31(33-29)35(27-11-7-3)28-12-8-4/h5-28H2,1-4H3. The summed E-state index contributed by atoms with van der Waals surface area (Å²) in [5.41, 5.74) is 0. The van der Waals surface area contributed by atoms with E-state index in [9.17, 15) is 0 Å². The first-order chi connectivity index (χ1) is 17.2. The summed E-state index contributed by atoms with van der Waals surface area (Å²) in [6.07, 6.45) is 28.4. The Morgan fingerprint density at radius 3 is 1.11 bits per heavy atom. The summed E-state index contributed by atoms with van der Waals surface area (Å²) < 4.78 is 0. The van der Waals surface area contributed by atoms with Crippen LogP contribution in [-0.2, 0) is 12.8 Å². The van der Waals surface area contributed by atoms with E-state index in [2.05, 4.69) is 32.6 Å². The largest absolute Gasteiger partial charge is 0.341 e. The molecular weight excluding hydrogens is 428 g/mol. The lowest BCUT2D eigenvalue weighted by molar-refractivity contribution is 0.563. The normalized spacial score (nSPS) is 11.3. The summed E-state index contributed by atoms with van der Waals surface area (Å²) in [6, 6.07) is 0. The number of rotatable bonds is 25. The number of aromatic nitrogens is 3. The van der Waals surface area contributed by atoms with Crippen molar-refractivity contribution in [2.75, 3.05) is 18.0 Å². The van der Waals surface area contributed by atoms with Crippen molar-refractivity contribution >= 4 is 5.95 Å². The highest BCUT2D eigenvalue weighted by molar-refractivity contribution is 5.29. The van der Waals surface area contributed by atoms with Gasteiger partial charge in [-0.25, -0.2) is 4.98 Å². The van der Waals surface area contributed by atoms with Crippen LogP contribution in [0.15, 0.2) is 0 Å². The van der Waals surface area contributed by atoms with Gasteiger partial charge in [0, 0.05) is 25.9 Å². The van der Waals surface area contributed by atoms with Crippen molar-refractivity contribution in [3.63, 3.8) is 0 Å². The van der Waals surface area contributed by atoms with Crippen molar-refractivity contribution in [2.45, 2.75) is 169 Å². The molecule has 35 heavy (non-hydrogen) atoms. The molecular formula is C31H60N4. The van der Waals surface area contributed by atoms with Gasteiger partial charge in [0.15, 0.2) is 0 Å². The Bertz CT molecular complexity index is 543. The maximum Gasteiger partial charge on any atom is 0.228 e. The Balaban J connectivity index is 2.65. The van der Waals surface area contributed by atoms with Gasteiger partial charge in [-0.15, -0.1) is 0 Å². The first-order valence-corrected chi connectivity index (χ1v) is 15.7. The zero-order chi connectivity index (χ0) is 25.4. The number of anilines is 1. The van der Waals surface area contributed by atoms with E-state index in [1.165, 1.54) is 128 Å². The third-order valence-corrected chi connectivity index (χ3v) is 7.07. The number of aryl methyl sites for hydroxylation is 2. The van der Waals surface area contributed by atoms with Gasteiger partial charge in [0.25, 0.3) is 0 Å². The van der Waals surface area contributed by atoms with E-state index in [0.29, 0.717) is 0 Å². The lowest BCUT2D eigenvalue weighted by atomic mass is 10.1. The summed E-state index contributed by atoms with van der Waals surface area (Å²) in [5, 5.41) is 0. The molecule has 0 saturated carbocycles. The Morgan fingerprint density at radius 2 is 0.743 bits per heavy atom. The molecule has 1 heterocycles. The van der Waals surface area contributed by atoms with E-state index < -0.39 is 0 Å². The molecule has 0 aliphatic rings. The number of hydrogen-bond donors (Lipinski definition) is 0. The van der Waals surface area contributed by atoms with Crippen molar-refractivity contribution in [2.24, 2.45) is 0 Å². The van der Waals surface area contributed by atoms with Gasteiger partial charge in [0.1, 0.15) is 11.6 Å². The van der Waals surface area contributed by atoms with Crippen LogP contribution < -0.4 is 4.90 Å². The number of unbranched alkanes of at least 4 members (excludes halogenated alkanes) is 16. The van der Waals surface area contributed by atoms with Crippen molar-refractivity contribution in [3.8, 4) is 0 Å². The van der Waals surface area contributed by atoms with Crippen LogP contribution in [0.1, 0.15) is 168 Å². The third-order valence-electron chi connectivity index (χ3n) is 7.07. The van der Waals surface area contributed by atoms with Gasteiger partial charge < -0.3 is 4.90 Å². The second-order valence-electron chi connectivity index (χ2n) is 10.6. The molecule has 0 unspecified atom stereocenters. The lowest BCUT2D eigenvalue weighted by Crippen LogP contribution is -2.28. The molecule has 0 aliphatic carbocycles. The van der Waals surface area contributed by atoms with E-state index in [0.717, 1.165) is 43.5 Å². The van der Waals surface area contributed by atoms with E-state index >= 15 is 0 Å². The summed E-state index contributed by atoms with van der Waals surface area (Å²) in [5.74, 6) is 3.02. The first kappa shape index (κ1) is 31.8. The van der Waals surface area contributed by atoms with Gasteiger partial charge in [-0.2, -0.15) is 9.97 Å². The molecule has 0 fully saturated rings. The molecule has 0 bridgehead atoms. The maximum absolute atomic E-state index is 4.99. The molecule has 0 aromatic carbocycles. The minimum Gasteiger partial charge on any atom is -0.341 e. The van der Waals surface area contributed by atoms with Gasteiger partial charge in [-0.3, -0.25) is 0 Å². The summed E-state index contributed by atoms with van der Waals surface area (Å²) >= 11 is 0. The van der Waals surface area contributed by atoms with E-state index in [1.807, 2.05) is 0 Å². The molecule has 0 spiro atoms. The highest BCUT2D eigenvalue weighted by Crippen LogP contribution is 2.16. The molecule has 0 saturated heterocycles. The fraction of sp³-hybridized carbons (Fsp3) is 0.903. The molecule has 0 N–H and O–H groups in total. The molecule has 4 heteroatoms. The molecule has 0 atom stereocenters. The van der Waals surface area contributed by atoms with Crippen molar-refractivity contribution in [1.82, 2.24) is 15.0 Å². The molecule has 0 amide bonds. The van der Waals surface area contributed by atoms with Crippen LogP contribution in [0.4, 0.5) is 5.95 Å². The average Bonchev–Trinajstić information content (AvgIpc) is 2.87. The van der Waals surface area contributed by atoms with Gasteiger partial charge in [-0.1, -0.05) is 130 Å². The average molecular weight is 489 g/mol. The first-order valence-electron chi connectivity index (χ1n) is 15.7. The van der Waals surface area contributed by atoms with Crippen molar-refractivity contribution < 1.29 is 0 Å². The zero-order valence-corrected chi connectivity index (χ0v) is 24.3. The fourth-order valence-corrected chi connectivity index (χ4v) is 4.66. The number of hydrogen-bond acceptors (Lipinski definition) is 4. The van der Waals surface area contributed by atoms with Crippen LogP contribution in [0, 0.1) is 0 Å². The molecule has 1 aromatic heterocycles. The quantitative estimate of drug-likeness (QED) is 0.128. The lowest BCUT2D eigenvalue weighted by Gasteiger charge is -2.23. The fourth-order valence-electron chi connectivity index (χ4n) is 4.66. The number of nitrogens with zero attached hydrogens (tertiary/aromatic N) is 4. The minimum atomic E-state index is 0.950. The second kappa shape index (κ2) is 23.2. The Morgan fingerprint density at radius 1 is 0.400 bits per heavy atom. The van der Waals surface area contributed by atoms with Crippen LogP contribution in [-0.4, -0.2) is 28.0 Å². The smallest absolute Gasteiger partial charge is 0.228 e. The topological polar surface area (TPSA) is 41.9 Å². The molecule has 0 aliphatic heterocycles. The van der Waals surface area contributed by atoms with Crippen molar-refractivity contribution in [3.05, 3.63) is 11.6 Å². The molecule has 1 rings (SSSR count). The van der Waals surface area contributed by atoms with Crippen LogP contribution in [0.2, 0.25) is 0 Å². The Kier molecular flexibility index (Phi) is 21.1. The Hall–Kier alpha value is -1.19. The predicted molar refractivity (Wildman–Crippen MR) is 154 cm³/mol. The SMILES string of the molecule is CCCCCCCCCCc1nc(CCCCCCCCCC)nc(N(CCCC)CCCC)n1. The predicted octanol–water partition coefficient (Wildman–Crippen LogP) is 9.64. The minimum absolute atomic E-state index is 0.950. The second-order valence-corrected chi connectivity index (χ2v) is 10.6. The van der Waals surface area contributed by atoms with Crippen molar-refractivity contribution in [1.29, 1.82) is 0 Å². The monoisotopic (exact) mass is 488 g/mol. The summed E-state index contributed by atoms with van der Waals surface area (Å²) in [6.45, 7) is 11.2. The highest BCUT2D eigenvalue weighted by Gasteiger charge is 2.13. The molecule has 0 radical (unpaired) electrons. The van der Waals surface area contributed by atoms with Crippen LogP contribution >= 0.6 is 0 Å². The van der Waals surface area contributed by atoms with Gasteiger partial charge in [0.05, 0.1) is 0 Å². The summed E-state index contributed by atoms with van der Waals surface area (Å²) in [7, 11) is 0. The highest BCUT2D eigenvalue weighted by atomic mass is 15.3. The van der Waals surface area contributed by atoms with Gasteiger partial charge in [0.2, 0.25) is 5.95 Å². The van der Waals surface area contributed by atoms with Crippen LogP contribution in [0.25, 0.3) is 0 Å².